The lowest BCUT2D eigenvalue weighted by Gasteiger charge is -2.37. The van der Waals surface area contributed by atoms with Crippen LogP contribution < -0.4 is 19.7 Å². The molecule has 1 unspecified atom stereocenters. The van der Waals surface area contributed by atoms with Crippen molar-refractivity contribution in [2.45, 2.75) is 26.8 Å². The summed E-state index contributed by atoms with van der Waals surface area (Å²) in [5.74, 6) is 0.997. The fourth-order valence-corrected chi connectivity index (χ4v) is 4.07. The molecule has 156 valence electrons. The van der Waals surface area contributed by atoms with Crippen molar-refractivity contribution in [3.05, 3.63) is 64.9 Å². The second-order valence-corrected chi connectivity index (χ2v) is 7.56. The number of esters is 1. The van der Waals surface area contributed by atoms with Gasteiger partial charge in [0.25, 0.3) is 0 Å². The number of thiocarbonyl (C=S) groups is 1. The molecule has 7 heteroatoms. The Balaban J connectivity index is 1.79. The van der Waals surface area contributed by atoms with Gasteiger partial charge in [0.05, 0.1) is 23.9 Å². The van der Waals surface area contributed by atoms with Gasteiger partial charge in [-0.25, -0.2) is 4.79 Å². The molecular weight excluding hydrogens is 400 g/mol. The standard InChI is InChI=1S/C23H24N2O4S/c1-4-27-22(26)20-15(3)25(17-9-10-18-19(13-17)29-12-11-28-18)23(30)24-21(20)16-7-5-14(2)6-8-16/h5-10,13,21H,4,11-12H2,1-3H3,(H,24,30). The highest BCUT2D eigenvalue weighted by Gasteiger charge is 2.35. The summed E-state index contributed by atoms with van der Waals surface area (Å²) in [6.07, 6.45) is 0. The van der Waals surface area contributed by atoms with Gasteiger partial charge in [-0.2, -0.15) is 0 Å². The number of nitrogens with zero attached hydrogens (tertiary/aromatic N) is 1. The number of hydrogen-bond donors (Lipinski definition) is 1. The van der Waals surface area contributed by atoms with Crippen LogP contribution in [0.3, 0.4) is 0 Å². The van der Waals surface area contributed by atoms with E-state index in [1.807, 2.05) is 61.2 Å². The molecule has 2 aliphatic heterocycles. The van der Waals surface area contributed by atoms with E-state index in [0.717, 1.165) is 22.5 Å². The number of allylic oxidation sites excluding steroid dienone is 1. The van der Waals surface area contributed by atoms with Crippen LogP contribution in [-0.4, -0.2) is 30.9 Å². The van der Waals surface area contributed by atoms with Gasteiger partial charge in [-0.05, 0) is 50.7 Å². The van der Waals surface area contributed by atoms with Gasteiger partial charge in [-0.15, -0.1) is 0 Å². The zero-order valence-electron chi connectivity index (χ0n) is 17.2. The number of anilines is 1. The van der Waals surface area contributed by atoms with Gasteiger partial charge in [0.1, 0.15) is 13.2 Å². The summed E-state index contributed by atoms with van der Waals surface area (Å²) in [5.41, 5.74) is 4.14. The first-order chi connectivity index (χ1) is 14.5. The van der Waals surface area contributed by atoms with Crippen LogP contribution in [-0.2, 0) is 9.53 Å². The molecule has 1 N–H and O–H groups in total. The molecule has 0 fully saturated rings. The topological polar surface area (TPSA) is 60.0 Å². The van der Waals surface area contributed by atoms with Crippen LogP contribution in [0.5, 0.6) is 11.5 Å². The molecule has 4 rings (SSSR count). The first-order valence-electron chi connectivity index (χ1n) is 9.94. The molecule has 0 spiro atoms. The predicted molar refractivity (Wildman–Crippen MR) is 119 cm³/mol. The van der Waals surface area contributed by atoms with Crippen LogP contribution in [0.4, 0.5) is 5.69 Å². The molecule has 0 amide bonds. The summed E-state index contributed by atoms with van der Waals surface area (Å²) in [5, 5.41) is 3.83. The molecule has 2 aliphatic rings. The van der Waals surface area contributed by atoms with Crippen molar-refractivity contribution in [1.29, 1.82) is 0 Å². The minimum atomic E-state index is -0.384. The van der Waals surface area contributed by atoms with Gasteiger partial charge in [-0.1, -0.05) is 29.8 Å². The van der Waals surface area contributed by atoms with Gasteiger partial charge >= 0.3 is 5.97 Å². The molecule has 0 saturated carbocycles. The minimum Gasteiger partial charge on any atom is -0.486 e. The van der Waals surface area contributed by atoms with E-state index in [1.165, 1.54) is 0 Å². The van der Waals surface area contributed by atoms with E-state index in [4.69, 9.17) is 26.4 Å². The first kappa shape index (κ1) is 20.2. The summed E-state index contributed by atoms with van der Waals surface area (Å²) >= 11 is 5.70. The average molecular weight is 425 g/mol. The van der Waals surface area contributed by atoms with E-state index in [9.17, 15) is 4.79 Å². The number of nitrogens with one attached hydrogen (secondary N) is 1. The Hall–Kier alpha value is -3.06. The maximum Gasteiger partial charge on any atom is 0.338 e. The molecule has 0 radical (unpaired) electrons. The van der Waals surface area contributed by atoms with Crippen molar-refractivity contribution in [2.24, 2.45) is 0 Å². The van der Waals surface area contributed by atoms with Crippen LogP contribution in [0, 0.1) is 6.92 Å². The highest BCUT2D eigenvalue weighted by atomic mass is 32.1. The summed E-state index contributed by atoms with van der Waals surface area (Å²) in [4.78, 5) is 14.8. The largest absolute Gasteiger partial charge is 0.486 e. The van der Waals surface area contributed by atoms with Crippen molar-refractivity contribution in [3.63, 3.8) is 0 Å². The third-order valence-electron chi connectivity index (χ3n) is 5.17. The number of carbonyl (C=O) groups excluding carboxylic acids is 1. The monoisotopic (exact) mass is 424 g/mol. The minimum absolute atomic E-state index is 0.296. The van der Waals surface area contributed by atoms with E-state index < -0.39 is 0 Å². The number of ether oxygens (including phenoxy) is 3. The number of aryl methyl sites for hydroxylation is 1. The molecule has 2 aromatic carbocycles. The van der Waals surface area contributed by atoms with E-state index >= 15 is 0 Å². The van der Waals surface area contributed by atoms with Gasteiger partial charge in [0.15, 0.2) is 16.6 Å². The zero-order valence-corrected chi connectivity index (χ0v) is 18.0. The second kappa shape index (κ2) is 8.36. The van der Waals surface area contributed by atoms with E-state index in [-0.39, 0.29) is 12.0 Å². The molecule has 0 aromatic heterocycles. The Bertz CT molecular complexity index is 1020. The van der Waals surface area contributed by atoms with Crippen molar-refractivity contribution in [1.82, 2.24) is 5.32 Å². The van der Waals surface area contributed by atoms with Crippen LogP contribution in [0.2, 0.25) is 0 Å². The molecule has 2 aromatic rings. The third-order valence-corrected chi connectivity index (χ3v) is 5.48. The molecule has 30 heavy (non-hydrogen) atoms. The second-order valence-electron chi connectivity index (χ2n) is 7.18. The first-order valence-corrected chi connectivity index (χ1v) is 10.3. The lowest BCUT2D eigenvalue weighted by molar-refractivity contribution is -0.139. The SMILES string of the molecule is CCOC(=O)C1=C(C)N(c2ccc3c(c2)OCCO3)C(=S)NC1c1ccc(C)cc1. The van der Waals surface area contributed by atoms with Crippen LogP contribution in [0.1, 0.15) is 31.0 Å². The normalized spacial score (nSPS) is 18.2. The number of rotatable bonds is 4. The predicted octanol–water partition coefficient (Wildman–Crippen LogP) is 4.04. The summed E-state index contributed by atoms with van der Waals surface area (Å²) in [6, 6.07) is 13.3. The van der Waals surface area contributed by atoms with Gasteiger partial charge in [0, 0.05) is 11.8 Å². The molecule has 0 aliphatic carbocycles. The molecular formula is C23H24N2O4S. The maximum absolute atomic E-state index is 12.9. The Morgan fingerprint density at radius 1 is 1.13 bits per heavy atom. The van der Waals surface area contributed by atoms with E-state index in [2.05, 4.69) is 5.32 Å². The molecule has 1 atom stereocenters. The van der Waals surface area contributed by atoms with E-state index in [0.29, 0.717) is 42.0 Å². The average Bonchev–Trinajstić information content (AvgIpc) is 2.74. The lowest BCUT2D eigenvalue weighted by Crippen LogP contribution is -2.48. The van der Waals surface area contributed by atoms with Gasteiger partial charge in [-0.3, -0.25) is 4.90 Å². The molecule has 0 saturated heterocycles. The summed E-state index contributed by atoms with van der Waals surface area (Å²) < 4.78 is 16.7. The van der Waals surface area contributed by atoms with Crippen molar-refractivity contribution in [3.8, 4) is 11.5 Å². The lowest BCUT2D eigenvalue weighted by atomic mass is 9.94. The van der Waals surface area contributed by atoms with Crippen LogP contribution >= 0.6 is 12.2 Å². The number of benzene rings is 2. The maximum atomic E-state index is 12.9. The van der Waals surface area contributed by atoms with Crippen molar-refractivity contribution in [2.75, 3.05) is 24.7 Å². The number of carbonyl (C=O) groups is 1. The number of hydrogen-bond acceptors (Lipinski definition) is 5. The smallest absolute Gasteiger partial charge is 0.338 e. The van der Waals surface area contributed by atoms with Crippen molar-refractivity contribution >= 4 is 29.0 Å². The summed E-state index contributed by atoms with van der Waals surface area (Å²) in [7, 11) is 0. The fraction of sp³-hybridized carbons (Fsp3) is 0.304. The Morgan fingerprint density at radius 2 is 1.83 bits per heavy atom. The van der Waals surface area contributed by atoms with Crippen molar-refractivity contribution < 1.29 is 19.0 Å². The highest BCUT2D eigenvalue weighted by Crippen LogP contribution is 2.38. The Morgan fingerprint density at radius 3 is 2.53 bits per heavy atom. The molecule has 6 nitrogen and oxygen atoms in total. The van der Waals surface area contributed by atoms with E-state index in [1.54, 1.807) is 6.92 Å². The zero-order chi connectivity index (χ0) is 21.3. The molecule has 0 bridgehead atoms. The van der Waals surface area contributed by atoms with Gasteiger partial charge < -0.3 is 19.5 Å². The fourth-order valence-electron chi connectivity index (χ4n) is 3.71. The van der Waals surface area contributed by atoms with Crippen LogP contribution in [0.15, 0.2) is 53.7 Å². The Labute approximate surface area is 181 Å². The number of fused-ring (bicyclic) bond motifs is 1. The van der Waals surface area contributed by atoms with Crippen LogP contribution in [0.25, 0.3) is 0 Å². The summed E-state index contributed by atoms with van der Waals surface area (Å²) in [6.45, 7) is 7.04. The quantitative estimate of drug-likeness (QED) is 0.587. The van der Waals surface area contributed by atoms with Gasteiger partial charge in [0.2, 0.25) is 0 Å². The Kier molecular flexibility index (Phi) is 5.63. The third kappa shape index (κ3) is 3.73. The highest BCUT2D eigenvalue weighted by molar-refractivity contribution is 7.80. The molecule has 2 heterocycles.